The summed E-state index contributed by atoms with van der Waals surface area (Å²) >= 11 is 0. The predicted octanol–water partition coefficient (Wildman–Crippen LogP) is 2.81. The van der Waals surface area contributed by atoms with Gasteiger partial charge in [-0.1, -0.05) is 42.5 Å². The Kier molecular flexibility index (Phi) is 5.77. The van der Waals surface area contributed by atoms with Gasteiger partial charge in [-0.15, -0.1) is 0 Å². The summed E-state index contributed by atoms with van der Waals surface area (Å²) in [6.07, 6.45) is 4.95. The van der Waals surface area contributed by atoms with Crippen molar-refractivity contribution in [2.24, 2.45) is 0 Å². The first-order valence-electron chi connectivity index (χ1n) is 10.3. The molecule has 2 heterocycles. The molecule has 2 atom stereocenters. The normalized spacial score (nSPS) is 17.3. The number of aromatic nitrogens is 1. The lowest BCUT2D eigenvalue weighted by Gasteiger charge is -2.27. The van der Waals surface area contributed by atoms with Crippen LogP contribution in [-0.4, -0.2) is 35.9 Å². The van der Waals surface area contributed by atoms with Crippen molar-refractivity contribution in [3.8, 4) is 0 Å². The van der Waals surface area contributed by atoms with Crippen LogP contribution in [0.3, 0.4) is 0 Å². The zero-order valence-electron chi connectivity index (χ0n) is 17.3. The quantitative estimate of drug-likeness (QED) is 0.688. The van der Waals surface area contributed by atoms with Crippen LogP contribution in [0.5, 0.6) is 0 Å². The summed E-state index contributed by atoms with van der Waals surface area (Å²) < 4.78 is 0. The molecule has 0 saturated carbocycles. The Morgan fingerprint density at radius 2 is 1.93 bits per heavy atom. The summed E-state index contributed by atoms with van der Waals surface area (Å²) in [5, 5.41) is 7.98. The van der Waals surface area contributed by atoms with Gasteiger partial charge < -0.3 is 15.5 Å². The zero-order valence-corrected chi connectivity index (χ0v) is 17.3. The average molecular weight is 402 g/mol. The fourth-order valence-electron chi connectivity index (χ4n) is 3.92. The number of nitrogens with one attached hydrogen (secondary N) is 2. The van der Waals surface area contributed by atoms with Crippen LogP contribution in [0.15, 0.2) is 60.9 Å². The highest BCUT2D eigenvalue weighted by atomic mass is 16.2. The van der Waals surface area contributed by atoms with Gasteiger partial charge >= 0.3 is 0 Å². The Bertz CT molecular complexity index is 1080. The number of hydrogen-bond acceptors (Lipinski definition) is 4. The molecule has 0 fully saturated rings. The summed E-state index contributed by atoms with van der Waals surface area (Å²) in [6.45, 7) is 2.18. The zero-order chi connectivity index (χ0) is 21.1. The number of amides is 2. The summed E-state index contributed by atoms with van der Waals surface area (Å²) in [7, 11) is 1.73. The maximum absolute atomic E-state index is 13.6. The van der Waals surface area contributed by atoms with E-state index in [0.29, 0.717) is 13.0 Å². The highest BCUT2D eigenvalue weighted by Gasteiger charge is 2.32. The number of para-hydroxylation sites is 1. The fraction of sp³-hybridized carbons (Fsp3) is 0.292. The number of carbonyl (C=O) groups is 2. The number of aryl methyl sites for hydroxylation is 1. The number of fused-ring (bicyclic) bond motifs is 2. The molecule has 1 aliphatic rings. The van der Waals surface area contributed by atoms with E-state index in [9.17, 15) is 9.59 Å². The molecule has 2 amide bonds. The Labute approximate surface area is 176 Å². The number of nitrogens with zero attached hydrogens (tertiary/aromatic N) is 2. The molecule has 0 saturated heterocycles. The van der Waals surface area contributed by atoms with E-state index in [4.69, 9.17) is 0 Å². The van der Waals surface area contributed by atoms with Crippen LogP contribution in [0.2, 0.25) is 0 Å². The number of carbonyl (C=O) groups excluding carboxylic acids is 2. The van der Waals surface area contributed by atoms with Crippen molar-refractivity contribution in [2.75, 3.05) is 11.9 Å². The molecule has 0 aliphatic carbocycles. The monoisotopic (exact) mass is 402 g/mol. The van der Waals surface area contributed by atoms with E-state index >= 15 is 0 Å². The van der Waals surface area contributed by atoms with E-state index in [0.717, 1.165) is 34.0 Å². The van der Waals surface area contributed by atoms with E-state index < -0.39 is 6.04 Å². The fourth-order valence-corrected chi connectivity index (χ4v) is 3.92. The van der Waals surface area contributed by atoms with E-state index in [1.165, 1.54) is 0 Å². The summed E-state index contributed by atoms with van der Waals surface area (Å²) in [5.74, 6) is -0.266. The van der Waals surface area contributed by atoms with Crippen LogP contribution in [0.4, 0.5) is 5.69 Å². The molecule has 1 aromatic heterocycles. The molecule has 6 heteroatoms. The number of pyridine rings is 1. The first-order valence-corrected chi connectivity index (χ1v) is 10.3. The lowest BCUT2D eigenvalue weighted by molar-refractivity contribution is -0.128. The van der Waals surface area contributed by atoms with E-state index in [-0.39, 0.29) is 17.9 Å². The molecule has 3 aromatic rings. The van der Waals surface area contributed by atoms with Gasteiger partial charge in [-0.25, -0.2) is 0 Å². The molecule has 0 bridgehead atoms. The van der Waals surface area contributed by atoms with Crippen LogP contribution in [-0.2, 0) is 22.6 Å². The topological polar surface area (TPSA) is 74.3 Å². The van der Waals surface area contributed by atoms with Gasteiger partial charge in [0.15, 0.2) is 0 Å². The highest BCUT2D eigenvalue weighted by Crippen LogP contribution is 2.30. The summed E-state index contributed by atoms with van der Waals surface area (Å²) in [4.78, 5) is 32.2. The molecule has 2 aromatic carbocycles. The second-order valence-corrected chi connectivity index (χ2v) is 7.68. The standard InChI is InChI=1S/C24H26N4O2/c1-16(25-2)23(29)27-21-12-11-17-7-4-6-10-22(17)28(24(21)30)15-19-14-26-13-18-8-3-5-9-20(18)19/h3-10,13-14,16,21,25H,11-12,15H2,1-2H3,(H,27,29). The number of rotatable bonds is 5. The van der Waals surface area contributed by atoms with Gasteiger partial charge in [0, 0.05) is 23.5 Å². The molecule has 154 valence electrons. The van der Waals surface area contributed by atoms with Crippen molar-refractivity contribution < 1.29 is 9.59 Å². The number of anilines is 1. The molecule has 2 unspecified atom stereocenters. The van der Waals surface area contributed by atoms with Gasteiger partial charge in [-0.2, -0.15) is 0 Å². The second-order valence-electron chi connectivity index (χ2n) is 7.68. The minimum Gasteiger partial charge on any atom is -0.343 e. The first kappa shape index (κ1) is 20.0. The Morgan fingerprint density at radius 3 is 2.77 bits per heavy atom. The van der Waals surface area contributed by atoms with E-state index in [1.54, 1.807) is 18.9 Å². The van der Waals surface area contributed by atoms with E-state index in [1.807, 2.05) is 48.8 Å². The van der Waals surface area contributed by atoms with Gasteiger partial charge in [-0.05, 0) is 49.4 Å². The third-order valence-electron chi connectivity index (χ3n) is 5.77. The minimum absolute atomic E-state index is 0.0930. The lowest BCUT2D eigenvalue weighted by atomic mass is 10.1. The van der Waals surface area contributed by atoms with Crippen LogP contribution in [0, 0.1) is 0 Å². The third kappa shape index (κ3) is 3.91. The molecular formula is C24H26N4O2. The molecule has 6 nitrogen and oxygen atoms in total. The van der Waals surface area contributed by atoms with Crippen molar-refractivity contribution in [1.82, 2.24) is 15.6 Å². The summed E-state index contributed by atoms with van der Waals surface area (Å²) in [5.41, 5.74) is 2.98. The van der Waals surface area contributed by atoms with Crippen LogP contribution >= 0.6 is 0 Å². The highest BCUT2D eigenvalue weighted by molar-refractivity contribution is 6.01. The molecule has 4 rings (SSSR count). The third-order valence-corrected chi connectivity index (χ3v) is 5.77. The molecular weight excluding hydrogens is 376 g/mol. The van der Waals surface area contributed by atoms with Crippen LogP contribution in [0.25, 0.3) is 10.8 Å². The van der Waals surface area contributed by atoms with Crippen molar-refractivity contribution in [3.63, 3.8) is 0 Å². The van der Waals surface area contributed by atoms with Crippen molar-refractivity contribution >= 4 is 28.3 Å². The Hall–Kier alpha value is -3.25. The van der Waals surface area contributed by atoms with Gasteiger partial charge in [0.05, 0.1) is 12.6 Å². The molecule has 0 spiro atoms. The Morgan fingerprint density at radius 1 is 1.17 bits per heavy atom. The smallest absolute Gasteiger partial charge is 0.249 e. The maximum Gasteiger partial charge on any atom is 0.249 e. The molecule has 1 aliphatic heterocycles. The number of likely N-dealkylation sites (N-methyl/N-ethyl adjacent to an activating group) is 1. The summed E-state index contributed by atoms with van der Waals surface area (Å²) in [6, 6.07) is 15.1. The largest absolute Gasteiger partial charge is 0.343 e. The maximum atomic E-state index is 13.6. The number of benzene rings is 2. The van der Waals surface area contributed by atoms with Crippen molar-refractivity contribution in [2.45, 2.75) is 38.4 Å². The van der Waals surface area contributed by atoms with Gasteiger partial charge in [0.1, 0.15) is 6.04 Å². The second kappa shape index (κ2) is 8.63. The average Bonchev–Trinajstić information content (AvgIpc) is 2.91. The molecule has 30 heavy (non-hydrogen) atoms. The lowest BCUT2D eigenvalue weighted by Crippen LogP contribution is -2.52. The van der Waals surface area contributed by atoms with Crippen LogP contribution < -0.4 is 15.5 Å². The van der Waals surface area contributed by atoms with Gasteiger partial charge in [-0.3, -0.25) is 14.6 Å². The van der Waals surface area contributed by atoms with Crippen molar-refractivity contribution in [1.29, 1.82) is 0 Å². The van der Waals surface area contributed by atoms with Gasteiger partial charge in [0.25, 0.3) is 0 Å². The first-order chi connectivity index (χ1) is 14.6. The van der Waals surface area contributed by atoms with Crippen LogP contribution in [0.1, 0.15) is 24.5 Å². The molecule has 2 N–H and O–H groups in total. The Balaban J connectivity index is 1.70. The number of hydrogen-bond donors (Lipinski definition) is 2. The van der Waals surface area contributed by atoms with Gasteiger partial charge in [0.2, 0.25) is 11.8 Å². The SMILES string of the molecule is CNC(C)C(=O)NC1CCc2ccccc2N(Cc2cncc3ccccc23)C1=O. The van der Waals surface area contributed by atoms with Crippen molar-refractivity contribution in [3.05, 3.63) is 72.1 Å². The van der Waals surface area contributed by atoms with E-state index in [2.05, 4.69) is 27.8 Å². The predicted molar refractivity (Wildman–Crippen MR) is 118 cm³/mol. The minimum atomic E-state index is -0.566. The molecule has 0 radical (unpaired) electrons.